The standard InChI is InChI=1S/C18H13ClN4O2/c1-20-16-15(11-3-9-14(25-2)10-4-11)22-18(23-17(16)24)21-13-7-5-12(19)6-8-13/h3-10H,2H3,(H2,21,22,23,24). The van der Waals surface area contributed by atoms with Gasteiger partial charge in [0.15, 0.2) is 0 Å². The van der Waals surface area contributed by atoms with Gasteiger partial charge in [-0.1, -0.05) is 23.7 Å². The molecular formula is C18H13ClN4O2. The van der Waals surface area contributed by atoms with Crippen molar-refractivity contribution in [1.29, 1.82) is 0 Å². The molecule has 0 saturated heterocycles. The number of hydrogen-bond donors (Lipinski definition) is 2. The Labute approximate surface area is 148 Å². The van der Waals surface area contributed by atoms with Gasteiger partial charge < -0.3 is 15.0 Å². The van der Waals surface area contributed by atoms with Crippen molar-refractivity contribution in [2.45, 2.75) is 0 Å². The van der Waals surface area contributed by atoms with Crippen LogP contribution in [0.3, 0.4) is 0 Å². The van der Waals surface area contributed by atoms with Gasteiger partial charge in [-0.05, 0) is 42.0 Å². The first-order valence-electron chi connectivity index (χ1n) is 7.29. The van der Waals surface area contributed by atoms with Crippen LogP contribution >= 0.6 is 11.6 Å². The Hall–Kier alpha value is -3.30. The minimum absolute atomic E-state index is 0.0631. The van der Waals surface area contributed by atoms with Gasteiger partial charge in [0.1, 0.15) is 5.75 Å². The van der Waals surface area contributed by atoms with Crippen molar-refractivity contribution in [2.75, 3.05) is 12.4 Å². The lowest BCUT2D eigenvalue weighted by atomic mass is 10.1. The molecule has 0 unspecified atom stereocenters. The van der Waals surface area contributed by atoms with E-state index in [9.17, 15) is 4.79 Å². The van der Waals surface area contributed by atoms with Crippen LogP contribution in [0.5, 0.6) is 5.75 Å². The summed E-state index contributed by atoms with van der Waals surface area (Å²) in [6, 6.07) is 14.0. The van der Waals surface area contributed by atoms with Gasteiger partial charge >= 0.3 is 0 Å². The Morgan fingerprint density at radius 3 is 2.44 bits per heavy atom. The Balaban J connectivity index is 2.04. The first kappa shape index (κ1) is 16.6. The van der Waals surface area contributed by atoms with Crippen molar-refractivity contribution >= 4 is 28.9 Å². The van der Waals surface area contributed by atoms with E-state index in [4.69, 9.17) is 22.9 Å². The number of rotatable bonds is 4. The van der Waals surface area contributed by atoms with Crippen molar-refractivity contribution in [3.63, 3.8) is 0 Å². The highest BCUT2D eigenvalue weighted by atomic mass is 35.5. The van der Waals surface area contributed by atoms with Crippen molar-refractivity contribution in [3.05, 3.63) is 75.3 Å². The number of nitrogens with one attached hydrogen (secondary N) is 2. The van der Waals surface area contributed by atoms with Crippen LogP contribution in [0.1, 0.15) is 0 Å². The third-order valence-corrected chi connectivity index (χ3v) is 3.73. The van der Waals surface area contributed by atoms with Crippen LogP contribution in [0, 0.1) is 6.57 Å². The maximum absolute atomic E-state index is 12.2. The first-order chi connectivity index (χ1) is 12.1. The highest BCUT2D eigenvalue weighted by molar-refractivity contribution is 6.30. The fraction of sp³-hybridized carbons (Fsp3) is 0.0556. The third kappa shape index (κ3) is 3.62. The van der Waals surface area contributed by atoms with Crippen LogP contribution in [0.15, 0.2) is 53.3 Å². The number of H-pyrrole nitrogens is 1. The Morgan fingerprint density at radius 1 is 1.16 bits per heavy atom. The summed E-state index contributed by atoms with van der Waals surface area (Å²) < 4.78 is 5.13. The van der Waals surface area contributed by atoms with E-state index >= 15 is 0 Å². The number of nitrogens with zero attached hydrogens (tertiary/aromatic N) is 2. The zero-order valence-corrected chi connectivity index (χ0v) is 14.0. The Kier molecular flexibility index (Phi) is 4.68. The van der Waals surface area contributed by atoms with Gasteiger partial charge in [-0.25, -0.2) is 9.83 Å². The number of anilines is 2. The van der Waals surface area contributed by atoms with E-state index in [1.54, 1.807) is 55.6 Å². The summed E-state index contributed by atoms with van der Waals surface area (Å²) in [4.78, 5) is 22.5. The number of hydrogen-bond acceptors (Lipinski definition) is 4. The summed E-state index contributed by atoms with van der Waals surface area (Å²) in [5.74, 6) is 0.919. The summed E-state index contributed by atoms with van der Waals surface area (Å²) in [7, 11) is 1.57. The predicted octanol–water partition coefficient (Wildman–Crippen LogP) is 4.39. The highest BCUT2D eigenvalue weighted by Crippen LogP contribution is 2.28. The summed E-state index contributed by atoms with van der Waals surface area (Å²) in [6.07, 6.45) is 0. The molecule has 6 nitrogen and oxygen atoms in total. The molecule has 1 aromatic heterocycles. The molecule has 0 saturated carbocycles. The van der Waals surface area contributed by atoms with Gasteiger partial charge in [0.05, 0.1) is 19.4 Å². The summed E-state index contributed by atoms with van der Waals surface area (Å²) >= 11 is 5.86. The molecule has 0 radical (unpaired) electrons. The molecule has 3 aromatic rings. The zero-order chi connectivity index (χ0) is 17.8. The van der Waals surface area contributed by atoms with E-state index in [2.05, 4.69) is 20.1 Å². The number of halogens is 1. The molecular weight excluding hydrogens is 340 g/mol. The average molecular weight is 353 g/mol. The Bertz CT molecular complexity index is 990. The molecule has 2 N–H and O–H groups in total. The van der Waals surface area contributed by atoms with Crippen LogP contribution in [-0.4, -0.2) is 17.1 Å². The first-order valence-corrected chi connectivity index (χ1v) is 7.67. The fourth-order valence-corrected chi connectivity index (χ4v) is 2.38. The van der Waals surface area contributed by atoms with Gasteiger partial charge in [0.25, 0.3) is 11.2 Å². The van der Waals surface area contributed by atoms with Crippen LogP contribution in [0.4, 0.5) is 17.3 Å². The van der Waals surface area contributed by atoms with Gasteiger partial charge in [0.2, 0.25) is 5.95 Å². The number of aromatic nitrogens is 2. The van der Waals surface area contributed by atoms with Crippen molar-refractivity contribution in [3.8, 4) is 17.0 Å². The quantitative estimate of drug-likeness (QED) is 0.683. The molecule has 25 heavy (non-hydrogen) atoms. The maximum atomic E-state index is 12.2. The monoisotopic (exact) mass is 352 g/mol. The molecule has 0 aliphatic heterocycles. The minimum Gasteiger partial charge on any atom is -0.497 e. The molecule has 0 spiro atoms. The normalized spacial score (nSPS) is 10.1. The van der Waals surface area contributed by atoms with E-state index in [1.807, 2.05) is 0 Å². The van der Waals surface area contributed by atoms with E-state index in [0.29, 0.717) is 27.7 Å². The van der Waals surface area contributed by atoms with Gasteiger partial charge in [0, 0.05) is 10.7 Å². The van der Waals surface area contributed by atoms with Crippen LogP contribution in [-0.2, 0) is 0 Å². The molecule has 0 amide bonds. The summed E-state index contributed by atoms with van der Waals surface area (Å²) in [6.45, 7) is 7.27. The van der Waals surface area contributed by atoms with E-state index in [0.717, 1.165) is 0 Å². The molecule has 124 valence electrons. The largest absolute Gasteiger partial charge is 0.497 e. The lowest BCUT2D eigenvalue weighted by Crippen LogP contribution is -2.11. The predicted molar refractivity (Wildman–Crippen MR) is 97.8 cm³/mol. The molecule has 0 atom stereocenters. The summed E-state index contributed by atoms with van der Waals surface area (Å²) in [5, 5.41) is 3.61. The third-order valence-electron chi connectivity index (χ3n) is 3.48. The molecule has 0 aliphatic carbocycles. The van der Waals surface area contributed by atoms with Crippen LogP contribution < -0.4 is 15.6 Å². The van der Waals surface area contributed by atoms with Gasteiger partial charge in [-0.2, -0.15) is 0 Å². The molecule has 0 aliphatic rings. The van der Waals surface area contributed by atoms with Crippen molar-refractivity contribution in [1.82, 2.24) is 9.97 Å². The Morgan fingerprint density at radius 2 is 1.84 bits per heavy atom. The topological polar surface area (TPSA) is 71.4 Å². The van der Waals surface area contributed by atoms with Gasteiger partial charge in [-0.15, -0.1) is 0 Å². The smallest absolute Gasteiger partial charge is 0.276 e. The molecule has 3 rings (SSSR count). The number of aromatic amines is 1. The highest BCUT2D eigenvalue weighted by Gasteiger charge is 2.14. The average Bonchev–Trinajstić information content (AvgIpc) is 2.63. The summed E-state index contributed by atoms with van der Waals surface area (Å²) in [5.41, 5.74) is 1.10. The second-order valence-corrected chi connectivity index (χ2v) is 5.52. The lowest BCUT2D eigenvalue weighted by Gasteiger charge is -2.09. The second-order valence-electron chi connectivity index (χ2n) is 5.08. The second kappa shape index (κ2) is 7.07. The molecule has 0 fully saturated rings. The van der Waals surface area contributed by atoms with Gasteiger partial charge in [-0.3, -0.25) is 4.79 Å². The molecule has 2 aromatic carbocycles. The molecule has 7 heteroatoms. The maximum Gasteiger partial charge on any atom is 0.276 e. The van der Waals surface area contributed by atoms with Crippen LogP contribution in [0.2, 0.25) is 5.02 Å². The number of benzene rings is 2. The molecule has 0 bridgehead atoms. The number of ether oxygens (including phenoxy) is 1. The fourth-order valence-electron chi connectivity index (χ4n) is 2.25. The van der Waals surface area contributed by atoms with Crippen molar-refractivity contribution in [2.24, 2.45) is 0 Å². The van der Waals surface area contributed by atoms with Crippen LogP contribution in [0.25, 0.3) is 16.1 Å². The van der Waals surface area contributed by atoms with E-state index < -0.39 is 5.56 Å². The van der Waals surface area contributed by atoms with Crippen molar-refractivity contribution < 1.29 is 4.74 Å². The SMILES string of the molecule is [C-]#[N+]c1c(-c2ccc(OC)cc2)nc(Nc2ccc(Cl)cc2)[nH]c1=O. The molecule has 1 heterocycles. The number of methoxy groups -OCH3 is 1. The lowest BCUT2D eigenvalue weighted by molar-refractivity contribution is 0.415. The zero-order valence-electron chi connectivity index (χ0n) is 13.2. The minimum atomic E-state index is -0.507. The van der Waals surface area contributed by atoms with E-state index in [-0.39, 0.29) is 11.6 Å². The van der Waals surface area contributed by atoms with E-state index in [1.165, 1.54) is 0 Å².